The van der Waals surface area contributed by atoms with Gasteiger partial charge in [0, 0.05) is 25.8 Å². The monoisotopic (exact) mass is 422 g/mol. The third kappa shape index (κ3) is 3.91. The summed E-state index contributed by atoms with van der Waals surface area (Å²) < 4.78 is 1.54. The molecule has 1 aliphatic heterocycles. The second-order valence-corrected chi connectivity index (χ2v) is 8.56. The fourth-order valence-electron chi connectivity index (χ4n) is 3.82. The number of carbonyl (C=O) groups is 2. The minimum absolute atomic E-state index is 0.0429. The fraction of sp³-hybridized carbons (Fsp3) is 0.273. The molecule has 0 spiro atoms. The molecule has 4 rings (SSSR count). The van der Waals surface area contributed by atoms with Crippen LogP contribution >= 0.6 is 11.3 Å². The maximum Gasteiger partial charge on any atom is 0.265 e. The lowest BCUT2D eigenvalue weighted by Gasteiger charge is -2.30. The second kappa shape index (κ2) is 8.23. The molecule has 0 bridgehead atoms. The molecule has 2 amide bonds. The number of nitrogens with two attached hydrogens (primary N) is 1. The van der Waals surface area contributed by atoms with Gasteiger partial charge in [-0.2, -0.15) is 0 Å². The number of nitrogens with zero attached hydrogens (tertiary/aromatic N) is 3. The zero-order valence-electron chi connectivity index (χ0n) is 16.6. The number of fused-ring (bicyclic) bond motifs is 1. The van der Waals surface area contributed by atoms with Gasteiger partial charge in [-0.25, -0.2) is 4.98 Å². The van der Waals surface area contributed by atoms with Crippen LogP contribution < -0.4 is 11.3 Å². The van der Waals surface area contributed by atoms with Crippen LogP contribution in [0.15, 0.2) is 47.5 Å². The van der Waals surface area contributed by atoms with Crippen molar-refractivity contribution in [1.29, 1.82) is 0 Å². The Morgan fingerprint density at radius 2 is 2.00 bits per heavy atom. The van der Waals surface area contributed by atoms with E-state index in [-0.39, 0.29) is 17.0 Å². The average molecular weight is 423 g/mol. The highest BCUT2D eigenvalue weighted by Gasteiger charge is 2.28. The molecule has 2 N–H and O–H groups in total. The molecule has 0 fully saturated rings. The van der Waals surface area contributed by atoms with Gasteiger partial charge in [-0.1, -0.05) is 30.3 Å². The van der Waals surface area contributed by atoms with Crippen molar-refractivity contribution in [3.8, 4) is 0 Å². The minimum atomic E-state index is -0.719. The minimum Gasteiger partial charge on any atom is -0.365 e. The van der Waals surface area contributed by atoms with E-state index in [9.17, 15) is 14.4 Å². The van der Waals surface area contributed by atoms with Crippen molar-refractivity contribution in [3.63, 3.8) is 0 Å². The Morgan fingerprint density at radius 1 is 1.23 bits per heavy atom. The average Bonchev–Trinajstić information content (AvgIpc) is 3.18. The Hall–Kier alpha value is -3.26. The zero-order chi connectivity index (χ0) is 21.3. The van der Waals surface area contributed by atoms with Crippen molar-refractivity contribution in [2.75, 3.05) is 6.54 Å². The molecule has 0 unspecified atom stereocenters. The van der Waals surface area contributed by atoms with Crippen LogP contribution in [0.25, 0.3) is 0 Å². The number of thiazole rings is 1. The van der Waals surface area contributed by atoms with Crippen LogP contribution in [0.3, 0.4) is 0 Å². The van der Waals surface area contributed by atoms with Gasteiger partial charge < -0.3 is 15.2 Å². The summed E-state index contributed by atoms with van der Waals surface area (Å²) in [6.45, 7) is 3.05. The number of carbonyl (C=O) groups excluding carboxylic acids is 2. The number of hydrogen-bond donors (Lipinski definition) is 1. The summed E-state index contributed by atoms with van der Waals surface area (Å²) in [6, 6.07) is 9.83. The van der Waals surface area contributed by atoms with Crippen molar-refractivity contribution < 1.29 is 9.59 Å². The van der Waals surface area contributed by atoms with Crippen LogP contribution in [0.2, 0.25) is 0 Å². The van der Waals surface area contributed by atoms with Crippen LogP contribution in [0.1, 0.15) is 41.7 Å². The van der Waals surface area contributed by atoms with Crippen molar-refractivity contribution in [2.24, 2.45) is 5.73 Å². The third-order valence-corrected chi connectivity index (χ3v) is 6.22. The Kier molecular flexibility index (Phi) is 5.50. The van der Waals surface area contributed by atoms with Crippen molar-refractivity contribution >= 4 is 23.2 Å². The Bertz CT molecular complexity index is 1170. The molecule has 0 atom stereocenters. The summed E-state index contributed by atoms with van der Waals surface area (Å²) in [5.74, 6) is -0.808. The predicted octanol–water partition coefficient (Wildman–Crippen LogP) is 2.15. The molecule has 1 aromatic carbocycles. The van der Waals surface area contributed by atoms with Crippen molar-refractivity contribution in [3.05, 3.63) is 85.2 Å². The predicted molar refractivity (Wildman–Crippen MR) is 115 cm³/mol. The highest BCUT2D eigenvalue weighted by atomic mass is 32.1. The summed E-state index contributed by atoms with van der Waals surface area (Å²) in [7, 11) is 0. The largest absolute Gasteiger partial charge is 0.365 e. The van der Waals surface area contributed by atoms with Crippen LogP contribution in [-0.4, -0.2) is 32.8 Å². The van der Waals surface area contributed by atoms with Crippen molar-refractivity contribution in [2.45, 2.75) is 32.9 Å². The summed E-state index contributed by atoms with van der Waals surface area (Å²) in [5, 5.41) is 0.835. The van der Waals surface area contributed by atoms with E-state index in [0.717, 1.165) is 16.1 Å². The van der Waals surface area contributed by atoms with Crippen LogP contribution in [0.4, 0.5) is 0 Å². The lowest BCUT2D eigenvalue weighted by Crippen LogP contribution is -2.40. The Labute approximate surface area is 177 Å². The molecule has 3 aromatic rings. The Morgan fingerprint density at radius 3 is 2.67 bits per heavy atom. The van der Waals surface area contributed by atoms with Crippen molar-refractivity contribution in [1.82, 2.24) is 14.5 Å². The number of hydrogen-bond acceptors (Lipinski definition) is 5. The van der Waals surface area contributed by atoms with E-state index in [1.54, 1.807) is 17.3 Å². The molecule has 0 saturated carbocycles. The number of aromatic nitrogens is 2. The van der Waals surface area contributed by atoms with E-state index in [2.05, 4.69) is 4.98 Å². The van der Waals surface area contributed by atoms with E-state index >= 15 is 0 Å². The number of rotatable bonds is 5. The first-order valence-electron chi connectivity index (χ1n) is 9.74. The zero-order valence-corrected chi connectivity index (χ0v) is 17.4. The third-order valence-electron chi connectivity index (χ3n) is 5.32. The van der Waals surface area contributed by atoms with Crippen LogP contribution in [0, 0.1) is 6.92 Å². The summed E-state index contributed by atoms with van der Waals surface area (Å²) in [6.07, 6.45) is 4.43. The van der Waals surface area contributed by atoms with E-state index in [1.807, 2.05) is 37.3 Å². The molecule has 0 aliphatic carbocycles. The number of pyridine rings is 1. The highest BCUT2D eigenvalue weighted by Crippen LogP contribution is 2.24. The van der Waals surface area contributed by atoms with E-state index in [1.165, 1.54) is 15.9 Å². The van der Waals surface area contributed by atoms with E-state index in [0.29, 0.717) is 42.9 Å². The second-order valence-electron chi connectivity index (χ2n) is 7.33. The molecule has 0 saturated heterocycles. The fourth-order valence-corrected chi connectivity index (χ4v) is 4.56. The molecule has 154 valence electrons. The maximum atomic E-state index is 12.9. The molecular formula is C22H22N4O3S. The first-order chi connectivity index (χ1) is 14.4. The molecule has 7 nitrogen and oxygen atoms in total. The van der Waals surface area contributed by atoms with E-state index < -0.39 is 5.91 Å². The summed E-state index contributed by atoms with van der Waals surface area (Å²) >= 11 is 1.36. The number of amides is 2. The SMILES string of the molecule is Cc1ncc(C(=O)N2CCc3c(cn(CCc4ccccc4)c(=O)c3C(N)=O)C2)s1. The van der Waals surface area contributed by atoms with Gasteiger partial charge in [0.2, 0.25) is 0 Å². The molecule has 0 radical (unpaired) electrons. The summed E-state index contributed by atoms with van der Waals surface area (Å²) in [4.78, 5) is 44.3. The van der Waals surface area contributed by atoms with Crippen LogP contribution in [-0.2, 0) is 25.9 Å². The quantitative estimate of drug-likeness (QED) is 0.681. The van der Waals surface area contributed by atoms with Gasteiger partial charge in [-0.3, -0.25) is 14.4 Å². The van der Waals surface area contributed by atoms with Gasteiger partial charge in [-0.15, -0.1) is 11.3 Å². The van der Waals surface area contributed by atoms with Crippen LogP contribution in [0.5, 0.6) is 0 Å². The van der Waals surface area contributed by atoms with Gasteiger partial charge in [0.25, 0.3) is 17.4 Å². The maximum absolute atomic E-state index is 12.9. The molecule has 1 aliphatic rings. The molecule has 2 aromatic heterocycles. The van der Waals surface area contributed by atoms with Gasteiger partial charge in [0.15, 0.2) is 0 Å². The lowest BCUT2D eigenvalue weighted by molar-refractivity contribution is 0.0738. The number of aryl methyl sites for hydroxylation is 3. The first-order valence-corrected chi connectivity index (χ1v) is 10.6. The summed E-state index contributed by atoms with van der Waals surface area (Å²) in [5.41, 5.74) is 7.79. The van der Waals surface area contributed by atoms with Gasteiger partial charge in [-0.05, 0) is 36.5 Å². The standard InChI is InChI=1S/C22H22N4O3S/c1-14-24-11-18(30-14)21(28)25-10-8-17-16(12-25)13-26(22(29)19(17)20(23)27)9-7-15-5-3-2-4-6-15/h2-6,11,13H,7-10,12H2,1H3,(H2,23,27). The van der Waals surface area contributed by atoms with Gasteiger partial charge in [0.05, 0.1) is 11.2 Å². The smallest absolute Gasteiger partial charge is 0.265 e. The number of benzene rings is 1. The molecular weight excluding hydrogens is 400 g/mol. The van der Waals surface area contributed by atoms with Gasteiger partial charge >= 0.3 is 0 Å². The number of primary amides is 1. The lowest BCUT2D eigenvalue weighted by atomic mass is 9.96. The molecule has 8 heteroatoms. The molecule has 3 heterocycles. The normalized spacial score (nSPS) is 13.2. The highest BCUT2D eigenvalue weighted by molar-refractivity contribution is 7.13. The van der Waals surface area contributed by atoms with E-state index in [4.69, 9.17) is 5.73 Å². The van der Waals surface area contributed by atoms with Gasteiger partial charge in [0.1, 0.15) is 10.4 Å². The Balaban J connectivity index is 1.65. The molecule has 30 heavy (non-hydrogen) atoms. The topological polar surface area (TPSA) is 98.3 Å². The first kappa shape index (κ1) is 20.0.